The highest BCUT2D eigenvalue weighted by molar-refractivity contribution is 7.87. The standard InChI is InChI=1S/C11H13F3O4S/c12-11(13,14)19(16,17)18-10-7-2-5-1-6(4-7)9(15)8(10)3-5/h5-8,10H,1-4H2/t5-,6+,7-,8+,10+/m0/s1. The first-order valence-corrected chi connectivity index (χ1v) is 7.63. The number of hydrogen-bond acceptors (Lipinski definition) is 4. The average Bonchev–Trinajstić information content (AvgIpc) is 2.27. The quantitative estimate of drug-likeness (QED) is 0.576. The maximum atomic E-state index is 12.3. The van der Waals surface area contributed by atoms with Gasteiger partial charge in [-0.2, -0.15) is 21.6 Å². The van der Waals surface area contributed by atoms with Gasteiger partial charge in [0.15, 0.2) is 0 Å². The Morgan fingerprint density at radius 1 is 1.11 bits per heavy atom. The van der Waals surface area contributed by atoms with E-state index in [4.69, 9.17) is 0 Å². The van der Waals surface area contributed by atoms with E-state index in [9.17, 15) is 26.4 Å². The highest BCUT2D eigenvalue weighted by atomic mass is 32.2. The van der Waals surface area contributed by atoms with Crippen LogP contribution in [0.2, 0.25) is 0 Å². The molecular weight excluding hydrogens is 285 g/mol. The zero-order valence-electron chi connectivity index (χ0n) is 9.89. The van der Waals surface area contributed by atoms with E-state index in [1.807, 2.05) is 0 Å². The van der Waals surface area contributed by atoms with E-state index in [2.05, 4.69) is 4.18 Å². The van der Waals surface area contributed by atoms with Crippen LogP contribution in [0.1, 0.15) is 25.7 Å². The molecule has 108 valence electrons. The van der Waals surface area contributed by atoms with Gasteiger partial charge in [0.05, 0.1) is 6.10 Å². The van der Waals surface area contributed by atoms with Gasteiger partial charge in [-0.15, -0.1) is 0 Å². The number of halogens is 3. The van der Waals surface area contributed by atoms with Crippen molar-refractivity contribution in [2.75, 3.05) is 0 Å². The molecule has 0 aromatic carbocycles. The predicted octanol–water partition coefficient (Wildman–Crippen LogP) is 1.86. The molecule has 4 rings (SSSR count). The molecule has 0 spiro atoms. The van der Waals surface area contributed by atoms with Crippen molar-refractivity contribution >= 4 is 15.9 Å². The van der Waals surface area contributed by atoms with Crippen LogP contribution in [0.4, 0.5) is 13.2 Å². The van der Waals surface area contributed by atoms with Crippen molar-refractivity contribution in [2.45, 2.75) is 37.3 Å². The van der Waals surface area contributed by atoms with E-state index in [1.54, 1.807) is 0 Å². The number of alkyl halides is 3. The molecule has 4 saturated carbocycles. The van der Waals surface area contributed by atoms with Gasteiger partial charge in [0.25, 0.3) is 0 Å². The van der Waals surface area contributed by atoms with Gasteiger partial charge in [0.1, 0.15) is 5.78 Å². The first-order valence-electron chi connectivity index (χ1n) is 6.22. The number of carbonyl (C=O) groups excluding carboxylic acids is 1. The van der Waals surface area contributed by atoms with Crippen LogP contribution in [0, 0.1) is 23.7 Å². The summed E-state index contributed by atoms with van der Waals surface area (Å²) in [5, 5.41) is 0. The van der Waals surface area contributed by atoms with Crippen LogP contribution in [-0.4, -0.2) is 25.8 Å². The summed E-state index contributed by atoms with van der Waals surface area (Å²) >= 11 is 0. The van der Waals surface area contributed by atoms with Gasteiger partial charge in [-0.25, -0.2) is 0 Å². The zero-order valence-corrected chi connectivity index (χ0v) is 10.7. The SMILES string of the molecule is O=C1[C@@H]2C[C@H]3C[C@@H](C2)[C@@H](OS(=O)(=O)C(F)(F)F)[C@@H]1C3. The molecule has 0 heterocycles. The lowest BCUT2D eigenvalue weighted by Gasteiger charge is -2.52. The second-order valence-corrected chi connectivity index (χ2v) is 7.30. The van der Waals surface area contributed by atoms with Crippen molar-refractivity contribution < 1.29 is 30.6 Å². The lowest BCUT2D eigenvalue weighted by molar-refractivity contribution is -0.153. The van der Waals surface area contributed by atoms with Crippen molar-refractivity contribution in [1.82, 2.24) is 0 Å². The summed E-state index contributed by atoms with van der Waals surface area (Å²) in [5.74, 6) is -0.795. The minimum atomic E-state index is -5.62. The van der Waals surface area contributed by atoms with E-state index in [1.165, 1.54) is 0 Å². The molecule has 0 radical (unpaired) electrons. The van der Waals surface area contributed by atoms with Gasteiger partial charge in [-0.1, -0.05) is 0 Å². The number of rotatable bonds is 2. The summed E-state index contributed by atoms with van der Waals surface area (Å²) in [7, 11) is -5.62. The Bertz CT molecular complexity index is 513. The second-order valence-electron chi connectivity index (χ2n) is 5.74. The van der Waals surface area contributed by atoms with Crippen LogP contribution in [0.5, 0.6) is 0 Å². The molecule has 4 aliphatic rings. The van der Waals surface area contributed by atoms with E-state index >= 15 is 0 Å². The topological polar surface area (TPSA) is 60.4 Å². The number of Topliss-reactive ketones (excluding diaryl/α,β-unsaturated/α-hetero) is 1. The minimum absolute atomic E-state index is 0.101. The highest BCUT2D eigenvalue weighted by Crippen LogP contribution is 2.53. The van der Waals surface area contributed by atoms with Crippen molar-refractivity contribution in [3.05, 3.63) is 0 Å². The van der Waals surface area contributed by atoms with Gasteiger partial charge < -0.3 is 0 Å². The summed E-state index contributed by atoms with van der Waals surface area (Å²) < 4.78 is 63.6. The number of ketones is 1. The van der Waals surface area contributed by atoms with Crippen LogP contribution < -0.4 is 0 Å². The third-order valence-electron chi connectivity index (χ3n) is 4.58. The summed E-state index contributed by atoms with van der Waals surface area (Å²) in [6.45, 7) is 0. The Hall–Kier alpha value is -0.630. The van der Waals surface area contributed by atoms with E-state index in [-0.39, 0.29) is 17.6 Å². The largest absolute Gasteiger partial charge is 0.523 e. The maximum Gasteiger partial charge on any atom is 0.523 e. The molecule has 0 amide bonds. The summed E-state index contributed by atoms with van der Waals surface area (Å²) in [5.41, 5.74) is -5.43. The number of carbonyl (C=O) groups is 1. The fraction of sp³-hybridized carbons (Fsp3) is 0.909. The zero-order chi connectivity index (χ0) is 14.0. The van der Waals surface area contributed by atoms with Gasteiger partial charge in [0, 0.05) is 11.8 Å². The molecule has 4 fully saturated rings. The molecule has 19 heavy (non-hydrogen) atoms. The van der Waals surface area contributed by atoms with Crippen LogP contribution >= 0.6 is 0 Å². The summed E-state index contributed by atoms with van der Waals surface area (Å²) in [4.78, 5) is 12.0. The van der Waals surface area contributed by atoms with E-state index in [0.717, 1.165) is 6.42 Å². The molecular formula is C11H13F3O4S. The average molecular weight is 298 g/mol. The Balaban J connectivity index is 1.85. The fourth-order valence-corrected chi connectivity index (χ4v) is 4.62. The van der Waals surface area contributed by atoms with Crippen molar-refractivity contribution in [1.29, 1.82) is 0 Å². The van der Waals surface area contributed by atoms with Crippen LogP contribution in [0.15, 0.2) is 0 Å². The lowest BCUT2D eigenvalue weighted by atomic mass is 9.54. The molecule has 0 aromatic rings. The van der Waals surface area contributed by atoms with Crippen molar-refractivity contribution in [3.8, 4) is 0 Å². The fourth-order valence-electron chi connectivity index (χ4n) is 3.93. The van der Waals surface area contributed by atoms with E-state index in [0.29, 0.717) is 25.2 Å². The van der Waals surface area contributed by atoms with Gasteiger partial charge in [-0.05, 0) is 37.5 Å². The van der Waals surface area contributed by atoms with Crippen molar-refractivity contribution in [3.63, 3.8) is 0 Å². The first-order chi connectivity index (χ1) is 8.69. The van der Waals surface area contributed by atoms with Gasteiger partial charge in [-0.3, -0.25) is 8.98 Å². The Kier molecular flexibility index (Phi) is 2.77. The molecule has 8 heteroatoms. The second kappa shape index (κ2) is 3.94. The molecule has 0 unspecified atom stereocenters. The molecule has 0 aromatic heterocycles. The van der Waals surface area contributed by atoms with Crippen LogP contribution in [-0.2, 0) is 19.1 Å². The molecule has 0 N–H and O–H groups in total. The third-order valence-corrected chi connectivity index (χ3v) is 5.62. The number of hydrogen-bond donors (Lipinski definition) is 0. The Labute approximate surface area is 108 Å². The smallest absolute Gasteiger partial charge is 0.299 e. The van der Waals surface area contributed by atoms with E-state index < -0.39 is 27.6 Å². The molecule has 5 atom stereocenters. The van der Waals surface area contributed by atoms with Crippen LogP contribution in [0.25, 0.3) is 0 Å². The summed E-state index contributed by atoms with van der Waals surface area (Å²) in [6, 6.07) is 0. The molecule has 0 saturated heterocycles. The molecule has 4 nitrogen and oxygen atoms in total. The van der Waals surface area contributed by atoms with Crippen LogP contribution in [0.3, 0.4) is 0 Å². The minimum Gasteiger partial charge on any atom is -0.299 e. The molecule has 0 aliphatic heterocycles. The molecule has 4 bridgehead atoms. The van der Waals surface area contributed by atoms with Crippen molar-refractivity contribution in [2.24, 2.45) is 23.7 Å². The first kappa shape index (κ1) is 13.4. The van der Waals surface area contributed by atoms with Gasteiger partial charge >= 0.3 is 15.6 Å². The monoisotopic (exact) mass is 298 g/mol. The lowest BCUT2D eigenvalue weighted by Crippen LogP contribution is -2.55. The Morgan fingerprint density at radius 3 is 2.42 bits per heavy atom. The predicted molar refractivity (Wildman–Crippen MR) is 57.3 cm³/mol. The maximum absolute atomic E-state index is 12.3. The Morgan fingerprint density at radius 2 is 1.79 bits per heavy atom. The third kappa shape index (κ3) is 1.99. The highest BCUT2D eigenvalue weighted by Gasteiger charge is 2.58. The molecule has 4 aliphatic carbocycles. The van der Waals surface area contributed by atoms with Gasteiger partial charge in [0.2, 0.25) is 0 Å². The summed E-state index contributed by atoms with van der Waals surface area (Å²) in [6.07, 6.45) is 1.27. The normalized spacial score (nSPS) is 41.8.